The zero-order valence-corrected chi connectivity index (χ0v) is 14.9. The highest BCUT2D eigenvalue weighted by Gasteiger charge is 2.32. The zero-order valence-electron chi connectivity index (χ0n) is 14.0. The highest BCUT2D eigenvalue weighted by atomic mass is 32.2. The molecule has 128 valence electrons. The van der Waals surface area contributed by atoms with Crippen LogP contribution in [0.2, 0.25) is 0 Å². The summed E-state index contributed by atoms with van der Waals surface area (Å²) in [6.45, 7) is 1.66. The quantitative estimate of drug-likeness (QED) is 0.898. The fourth-order valence-electron chi connectivity index (χ4n) is 3.37. The van der Waals surface area contributed by atoms with Gasteiger partial charge in [-0.1, -0.05) is 18.2 Å². The second-order valence-electron chi connectivity index (χ2n) is 6.42. The highest BCUT2D eigenvalue weighted by molar-refractivity contribution is 7.92. The Morgan fingerprint density at radius 1 is 1.38 bits per heavy atom. The van der Waals surface area contributed by atoms with Crippen LogP contribution in [-0.2, 0) is 16.8 Å². The number of rotatable bonds is 2. The van der Waals surface area contributed by atoms with Crippen LogP contribution in [0.3, 0.4) is 0 Å². The number of para-hydroxylation sites is 1. The van der Waals surface area contributed by atoms with Gasteiger partial charge in [0.2, 0.25) is 0 Å². The minimum absolute atomic E-state index is 0.193. The number of pyridine rings is 1. The molecule has 0 aliphatic carbocycles. The van der Waals surface area contributed by atoms with Crippen LogP contribution in [0.15, 0.2) is 29.1 Å². The Morgan fingerprint density at radius 3 is 2.67 bits per heavy atom. The van der Waals surface area contributed by atoms with Crippen molar-refractivity contribution in [3.8, 4) is 0 Å². The Hall–Kier alpha value is -2.15. The summed E-state index contributed by atoms with van der Waals surface area (Å²) in [6, 6.07) is 7.12. The summed E-state index contributed by atoms with van der Waals surface area (Å²) in [5.74, 6) is 0.284. The molecule has 0 radical (unpaired) electrons. The van der Waals surface area contributed by atoms with Crippen LogP contribution in [0.4, 0.5) is 0 Å². The summed E-state index contributed by atoms with van der Waals surface area (Å²) in [7, 11) is 0.779. The van der Waals surface area contributed by atoms with Crippen molar-refractivity contribution in [2.75, 3.05) is 18.6 Å². The van der Waals surface area contributed by atoms with E-state index in [9.17, 15) is 13.8 Å². The molecule has 0 saturated carbocycles. The molecule has 1 aromatic heterocycles. The van der Waals surface area contributed by atoms with Crippen molar-refractivity contribution < 1.29 is 9.00 Å². The SMILES string of the molecule is Cc1c(C(=O)N(C)C2CCS(=N)(=O)C2)c2ccccc2n(C)c1=O. The molecule has 7 heteroatoms. The van der Waals surface area contributed by atoms with E-state index in [2.05, 4.69) is 0 Å². The molecule has 1 fully saturated rings. The van der Waals surface area contributed by atoms with Gasteiger partial charge in [0.1, 0.15) is 0 Å². The average molecular weight is 347 g/mol. The van der Waals surface area contributed by atoms with Gasteiger partial charge in [0, 0.05) is 46.6 Å². The Kier molecular flexibility index (Phi) is 3.99. The smallest absolute Gasteiger partial charge is 0.255 e. The van der Waals surface area contributed by atoms with Gasteiger partial charge in [0.05, 0.1) is 16.8 Å². The first-order valence-corrected chi connectivity index (χ1v) is 9.72. The normalized spacial score (nSPS) is 23.5. The predicted octanol–water partition coefficient (Wildman–Crippen LogP) is 1.74. The van der Waals surface area contributed by atoms with E-state index in [4.69, 9.17) is 4.78 Å². The maximum Gasteiger partial charge on any atom is 0.255 e. The minimum Gasteiger partial charge on any atom is -0.338 e. The van der Waals surface area contributed by atoms with E-state index in [1.165, 1.54) is 0 Å². The number of aromatic nitrogens is 1. The molecule has 6 nitrogen and oxygen atoms in total. The Morgan fingerprint density at radius 2 is 2.04 bits per heavy atom. The number of amides is 1. The third kappa shape index (κ3) is 2.62. The summed E-state index contributed by atoms with van der Waals surface area (Å²) in [5.41, 5.74) is 1.33. The maximum absolute atomic E-state index is 13.1. The number of nitrogens with one attached hydrogen (secondary N) is 1. The molecule has 1 saturated heterocycles. The van der Waals surface area contributed by atoms with Gasteiger partial charge >= 0.3 is 0 Å². The summed E-state index contributed by atoms with van der Waals surface area (Å²) in [4.78, 5) is 27.1. The van der Waals surface area contributed by atoms with Gasteiger partial charge in [-0.3, -0.25) is 14.4 Å². The molecule has 2 aromatic rings. The lowest BCUT2D eigenvalue weighted by atomic mass is 10.0. The molecule has 1 N–H and O–H groups in total. The van der Waals surface area contributed by atoms with Crippen LogP contribution in [-0.4, -0.2) is 44.2 Å². The molecule has 2 heterocycles. The molecular weight excluding hydrogens is 326 g/mol. The first-order valence-electron chi connectivity index (χ1n) is 7.82. The van der Waals surface area contributed by atoms with Crippen LogP contribution >= 0.6 is 0 Å². The van der Waals surface area contributed by atoms with Crippen molar-refractivity contribution in [2.24, 2.45) is 7.05 Å². The van der Waals surface area contributed by atoms with Gasteiger partial charge < -0.3 is 9.47 Å². The van der Waals surface area contributed by atoms with Crippen molar-refractivity contribution in [3.63, 3.8) is 0 Å². The van der Waals surface area contributed by atoms with Gasteiger partial charge in [-0.2, -0.15) is 0 Å². The highest BCUT2D eigenvalue weighted by Crippen LogP contribution is 2.24. The van der Waals surface area contributed by atoms with Crippen LogP contribution in [0.5, 0.6) is 0 Å². The van der Waals surface area contributed by atoms with Gasteiger partial charge in [0.15, 0.2) is 0 Å². The van der Waals surface area contributed by atoms with Gasteiger partial charge in [-0.05, 0) is 19.4 Å². The fourth-order valence-corrected chi connectivity index (χ4v) is 5.21. The molecule has 0 spiro atoms. The number of hydrogen-bond donors (Lipinski definition) is 1. The van der Waals surface area contributed by atoms with Gasteiger partial charge in [-0.25, -0.2) is 4.21 Å². The molecule has 1 aliphatic heterocycles. The van der Waals surface area contributed by atoms with Crippen molar-refractivity contribution in [2.45, 2.75) is 19.4 Å². The van der Waals surface area contributed by atoms with Crippen molar-refractivity contribution in [1.82, 2.24) is 9.47 Å². The van der Waals surface area contributed by atoms with Gasteiger partial charge in [-0.15, -0.1) is 0 Å². The van der Waals surface area contributed by atoms with Crippen molar-refractivity contribution >= 4 is 26.5 Å². The largest absolute Gasteiger partial charge is 0.338 e. The number of benzene rings is 1. The number of hydrogen-bond acceptors (Lipinski definition) is 4. The number of nitrogens with zero attached hydrogens (tertiary/aromatic N) is 2. The molecule has 2 atom stereocenters. The number of aryl methyl sites for hydroxylation is 1. The zero-order chi connectivity index (χ0) is 17.6. The summed E-state index contributed by atoms with van der Waals surface area (Å²) < 4.78 is 21.2. The van der Waals surface area contributed by atoms with Crippen molar-refractivity contribution in [3.05, 3.63) is 45.7 Å². The first kappa shape index (κ1) is 16.7. The lowest BCUT2D eigenvalue weighted by Crippen LogP contribution is -2.39. The minimum atomic E-state index is -2.58. The van der Waals surface area contributed by atoms with E-state index in [1.54, 1.807) is 30.5 Å². The average Bonchev–Trinajstić information content (AvgIpc) is 2.92. The summed E-state index contributed by atoms with van der Waals surface area (Å²) in [6.07, 6.45) is 0.562. The monoisotopic (exact) mass is 347 g/mol. The van der Waals surface area contributed by atoms with E-state index in [-0.39, 0.29) is 23.3 Å². The molecular formula is C17H21N3O3S. The first-order chi connectivity index (χ1) is 11.2. The van der Waals surface area contributed by atoms with Crippen LogP contribution in [0.1, 0.15) is 22.3 Å². The van der Waals surface area contributed by atoms with Crippen LogP contribution < -0.4 is 5.56 Å². The van der Waals surface area contributed by atoms with Crippen molar-refractivity contribution in [1.29, 1.82) is 4.78 Å². The Balaban J connectivity index is 2.12. The lowest BCUT2D eigenvalue weighted by molar-refractivity contribution is 0.0748. The second kappa shape index (κ2) is 5.73. The van der Waals surface area contributed by atoms with Gasteiger partial charge in [0.25, 0.3) is 11.5 Å². The van der Waals surface area contributed by atoms with E-state index in [0.29, 0.717) is 28.8 Å². The van der Waals surface area contributed by atoms with E-state index in [0.717, 1.165) is 5.39 Å². The third-order valence-corrected chi connectivity index (χ3v) is 6.68. The predicted molar refractivity (Wildman–Crippen MR) is 95.0 cm³/mol. The summed E-state index contributed by atoms with van der Waals surface area (Å²) in [5, 5.41) is 0.735. The molecule has 2 unspecified atom stereocenters. The standard InChI is InChI=1S/C17H21N3O3S/c1-11-15(13-6-4-5-7-14(13)20(3)16(11)21)17(22)19(2)12-8-9-24(18,23)10-12/h4-7,12,18H,8-10H2,1-3H3. The molecule has 1 aromatic carbocycles. The molecule has 1 amide bonds. The summed E-state index contributed by atoms with van der Waals surface area (Å²) >= 11 is 0. The molecule has 24 heavy (non-hydrogen) atoms. The maximum atomic E-state index is 13.1. The third-order valence-electron chi connectivity index (χ3n) is 4.86. The Labute approximate surface area is 141 Å². The second-order valence-corrected chi connectivity index (χ2v) is 8.79. The van der Waals surface area contributed by atoms with Crippen LogP contribution in [0, 0.1) is 11.7 Å². The molecule has 0 bridgehead atoms. The number of carbonyl (C=O) groups excluding carboxylic acids is 1. The van der Waals surface area contributed by atoms with E-state index in [1.807, 2.05) is 24.3 Å². The fraction of sp³-hybridized carbons (Fsp3) is 0.412. The lowest BCUT2D eigenvalue weighted by Gasteiger charge is -2.25. The number of carbonyl (C=O) groups is 1. The topological polar surface area (TPSA) is 83.2 Å². The number of fused-ring (bicyclic) bond motifs is 1. The van der Waals surface area contributed by atoms with E-state index < -0.39 is 9.73 Å². The van der Waals surface area contributed by atoms with Crippen LogP contribution in [0.25, 0.3) is 10.9 Å². The molecule has 1 aliphatic rings. The molecule has 3 rings (SSSR count). The van der Waals surface area contributed by atoms with E-state index >= 15 is 0 Å². The Bertz CT molecular complexity index is 992.